The van der Waals surface area contributed by atoms with Gasteiger partial charge in [-0.1, -0.05) is 0 Å². The molecule has 0 unspecified atom stereocenters. The fraction of sp³-hybridized carbons (Fsp3) is 0.471. The highest BCUT2D eigenvalue weighted by molar-refractivity contribution is 5.78. The maximum absolute atomic E-state index is 12.7. The Morgan fingerprint density at radius 1 is 1.27 bits per heavy atom. The Hall–Kier alpha value is -2.97. The van der Waals surface area contributed by atoms with E-state index in [0.29, 0.717) is 18.1 Å². The maximum Gasteiger partial charge on any atom is 0.261 e. The first-order valence-corrected chi connectivity index (χ1v) is 8.45. The molecule has 3 rings (SSSR count). The van der Waals surface area contributed by atoms with Crippen molar-refractivity contribution in [3.63, 3.8) is 0 Å². The van der Waals surface area contributed by atoms with Crippen LogP contribution in [0.15, 0.2) is 18.5 Å². The van der Waals surface area contributed by atoms with E-state index in [1.54, 1.807) is 17.0 Å². The molecule has 0 bridgehead atoms. The lowest BCUT2D eigenvalue weighted by atomic mass is 10.1. The van der Waals surface area contributed by atoms with Crippen molar-refractivity contribution in [3.05, 3.63) is 35.4 Å². The summed E-state index contributed by atoms with van der Waals surface area (Å²) in [5, 5.41) is 16.3. The summed E-state index contributed by atoms with van der Waals surface area (Å²) in [6, 6.07) is 3.45. The van der Waals surface area contributed by atoms with Gasteiger partial charge in [0.15, 0.2) is 12.3 Å². The predicted molar refractivity (Wildman–Crippen MR) is 94.6 cm³/mol. The maximum atomic E-state index is 12.7. The molecule has 1 amide bonds. The van der Waals surface area contributed by atoms with Crippen LogP contribution in [0.1, 0.15) is 30.8 Å². The third kappa shape index (κ3) is 3.51. The molecule has 3 heterocycles. The minimum absolute atomic E-state index is 0.0402. The molecule has 0 spiro atoms. The molecule has 0 saturated heterocycles. The summed E-state index contributed by atoms with van der Waals surface area (Å²) in [6.45, 7) is 8.36. The summed E-state index contributed by atoms with van der Waals surface area (Å²) < 4.78 is 8.92. The highest BCUT2D eigenvalue weighted by atomic mass is 16.5. The van der Waals surface area contributed by atoms with Crippen LogP contribution in [0.5, 0.6) is 5.88 Å². The average Bonchev–Trinajstić information content (AvgIpc) is 3.15. The zero-order chi connectivity index (χ0) is 18.8. The number of hydrogen-bond donors (Lipinski definition) is 0. The zero-order valence-corrected chi connectivity index (χ0v) is 15.7. The second kappa shape index (κ2) is 7.11. The van der Waals surface area contributed by atoms with Gasteiger partial charge in [0, 0.05) is 37.0 Å². The first kappa shape index (κ1) is 17.8. The molecule has 0 saturated carbocycles. The van der Waals surface area contributed by atoms with Gasteiger partial charge >= 0.3 is 0 Å². The van der Waals surface area contributed by atoms with Crippen molar-refractivity contribution in [2.75, 3.05) is 6.61 Å². The molecule has 0 aliphatic heterocycles. The Bertz CT molecular complexity index is 928. The van der Waals surface area contributed by atoms with Gasteiger partial charge in [-0.3, -0.25) is 9.48 Å². The quantitative estimate of drug-likeness (QED) is 0.660. The summed E-state index contributed by atoms with van der Waals surface area (Å²) in [6.07, 6.45) is 1.48. The molecule has 0 radical (unpaired) electrons. The summed E-state index contributed by atoms with van der Waals surface area (Å²) >= 11 is 0. The summed E-state index contributed by atoms with van der Waals surface area (Å²) in [4.78, 5) is 14.5. The second-order valence-electron chi connectivity index (χ2n) is 6.48. The Kier molecular flexibility index (Phi) is 4.88. The van der Waals surface area contributed by atoms with Crippen molar-refractivity contribution in [2.45, 2.75) is 40.3 Å². The molecule has 0 aliphatic carbocycles. The van der Waals surface area contributed by atoms with E-state index in [2.05, 4.69) is 20.4 Å². The third-order valence-corrected chi connectivity index (χ3v) is 4.41. The first-order chi connectivity index (χ1) is 12.4. The van der Waals surface area contributed by atoms with Crippen LogP contribution < -0.4 is 4.74 Å². The van der Waals surface area contributed by atoms with E-state index in [9.17, 15) is 4.79 Å². The van der Waals surface area contributed by atoms with Gasteiger partial charge in [0.2, 0.25) is 5.88 Å². The number of carbonyl (C=O) groups excluding carboxylic acids is 1. The number of fused-ring (bicyclic) bond motifs is 1. The number of aromatic nitrogens is 6. The lowest BCUT2D eigenvalue weighted by Crippen LogP contribution is -2.39. The molecule has 26 heavy (non-hydrogen) atoms. The van der Waals surface area contributed by atoms with Gasteiger partial charge in [-0.2, -0.15) is 9.61 Å². The van der Waals surface area contributed by atoms with E-state index in [0.717, 1.165) is 17.0 Å². The Balaban J connectivity index is 1.70. The fourth-order valence-electron chi connectivity index (χ4n) is 2.78. The van der Waals surface area contributed by atoms with E-state index >= 15 is 0 Å². The first-order valence-electron chi connectivity index (χ1n) is 8.45. The topological polar surface area (TPSA) is 90.4 Å². The SMILES string of the molecule is Cc1nn(C)c(C)c1CN(C(=O)COc1ccc2nncn2n1)C(C)C. The summed E-state index contributed by atoms with van der Waals surface area (Å²) in [7, 11) is 1.91. The third-order valence-electron chi connectivity index (χ3n) is 4.41. The van der Waals surface area contributed by atoms with E-state index in [-0.39, 0.29) is 18.6 Å². The highest BCUT2D eigenvalue weighted by Crippen LogP contribution is 2.17. The van der Waals surface area contributed by atoms with Gasteiger partial charge in [0.1, 0.15) is 6.33 Å². The van der Waals surface area contributed by atoms with Gasteiger partial charge in [-0.15, -0.1) is 15.3 Å². The Morgan fingerprint density at radius 2 is 2.04 bits per heavy atom. The number of ether oxygens (including phenoxy) is 1. The molecule has 0 N–H and O–H groups in total. The van der Waals surface area contributed by atoms with Crippen LogP contribution in [0, 0.1) is 13.8 Å². The van der Waals surface area contributed by atoms with Gasteiger partial charge in [0.25, 0.3) is 5.91 Å². The molecule has 0 atom stereocenters. The Morgan fingerprint density at radius 3 is 2.69 bits per heavy atom. The van der Waals surface area contributed by atoms with Crippen molar-refractivity contribution in [2.24, 2.45) is 7.05 Å². The normalized spacial score (nSPS) is 11.3. The lowest BCUT2D eigenvalue weighted by Gasteiger charge is -2.27. The van der Waals surface area contributed by atoms with E-state index in [1.807, 2.05) is 39.4 Å². The molecular weight excluding hydrogens is 334 g/mol. The van der Waals surface area contributed by atoms with Gasteiger partial charge < -0.3 is 9.64 Å². The number of hydrogen-bond acceptors (Lipinski definition) is 6. The van der Waals surface area contributed by atoms with Crippen molar-refractivity contribution < 1.29 is 9.53 Å². The molecule has 0 fully saturated rings. The molecule has 0 aliphatic rings. The van der Waals surface area contributed by atoms with Crippen molar-refractivity contribution >= 4 is 11.6 Å². The van der Waals surface area contributed by atoms with Crippen LogP contribution in [0.2, 0.25) is 0 Å². The van der Waals surface area contributed by atoms with Crippen LogP contribution in [-0.2, 0) is 18.4 Å². The van der Waals surface area contributed by atoms with Crippen molar-refractivity contribution in [1.82, 2.24) is 34.5 Å². The molecule has 9 nitrogen and oxygen atoms in total. The van der Waals surface area contributed by atoms with E-state index < -0.39 is 0 Å². The average molecular weight is 357 g/mol. The van der Waals surface area contributed by atoms with Crippen LogP contribution in [0.25, 0.3) is 5.65 Å². The number of aryl methyl sites for hydroxylation is 2. The van der Waals surface area contributed by atoms with E-state index in [4.69, 9.17) is 4.74 Å². The van der Waals surface area contributed by atoms with Gasteiger partial charge in [0.05, 0.1) is 5.69 Å². The molecule has 138 valence electrons. The monoisotopic (exact) mass is 357 g/mol. The highest BCUT2D eigenvalue weighted by Gasteiger charge is 2.21. The Labute approximate surface area is 151 Å². The number of rotatable bonds is 6. The standard InChI is InChI=1S/C17H23N7O2/c1-11(2)23(8-14-12(3)20-22(5)13(14)4)17(25)9-26-16-7-6-15-19-18-10-24(15)21-16/h6-7,10-11H,8-9H2,1-5H3. The van der Waals surface area contributed by atoms with Crippen LogP contribution in [0.4, 0.5) is 0 Å². The van der Waals surface area contributed by atoms with E-state index in [1.165, 1.54) is 10.8 Å². The zero-order valence-electron chi connectivity index (χ0n) is 15.7. The summed E-state index contributed by atoms with van der Waals surface area (Å²) in [5.41, 5.74) is 3.68. The fourth-order valence-corrected chi connectivity index (χ4v) is 2.78. The van der Waals surface area contributed by atoms with Crippen molar-refractivity contribution in [1.29, 1.82) is 0 Å². The van der Waals surface area contributed by atoms with Gasteiger partial charge in [-0.25, -0.2) is 0 Å². The summed E-state index contributed by atoms with van der Waals surface area (Å²) in [5.74, 6) is 0.247. The molecule has 3 aromatic heterocycles. The largest absolute Gasteiger partial charge is 0.467 e. The number of nitrogens with zero attached hydrogens (tertiary/aromatic N) is 7. The van der Waals surface area contributed by atoms with Crippen molar-refractivity contribution in [3.8, 4) is 5.88 Å². The lowest BCUT2D eigenvalue weighted by molar-refractivity contribution is -0.135. The van der Waals surface area contributed by atoms with Crippen LogP contribution >= 0.6 is 0 Å². The molecule has 3 aromatic rings. The minimum atomic E-state index is -0.103. The van der Waals surface area contributed by atoms with Crippen LogP contribution in [0.3, 0.4) is 0 Å². The molecular formula is C17H23N7O2. The second-order valence-corrected chi connectivity index (χ2v) is 6.48. The van der Waals surface area contributed by atoms with Crippen LogP contribution in [-0.4, -0.2) is 53.0 Å². The smallest absolute Gasteiger partial charge is 0.261 e. The number of carbonyl (C=O) groups is 1. The predicted octanol–water partition coefficient (Wildman–Crippen LogP) is 1.29. The molecule has 0 aromatic carbocycles. The minimum Gasteiger partial charge on any atom is -0.467 e. The van der Waals surface area contributed by atoms with Gasteiger partial charge in [-0.05, 0) is 33.8 Å². The number of amides is 1. The molecule has 9 heteroatoms.